The van der Waals surface area contributed by atoms with Gasteiger partial charge in [0, 0.05) is 29.8 Å². The average Bonchev–Trinajstić information content (AvgIpc) is 3.04. The summed E-state index contributed by atoms with van der Waals surface area (Å²) < 4.78 is 11.0. The molecule has 2 amide bonds. The van der Waals surface area contributed by atoms with Crippen LogP contribution in [0.3, 0.4) is 0 Å². The Morgan fingerprint density at radius 2 is 1.73 bits per heavy atom. The summed E-state index contributed by atoms with van der Waals surface area (Å²) in [5.74, 6) is 0.767. The maximum absolute atomic E-state index is 12.1. The Morgan fingerprint density at radius 3 is 2.38 bits per heavy atom. The summed E-state index contributed by atoms with van der Waals surface area (Å²) in [6.45, 7) is 1.44. The molecule has 0 aliphatic heterocycles. The molecule has 0 radical (unpaired) electrons. The molecule has 6 nitrogen and oxygen atoms in total. The lowest BCUT2D eigenvalue weighted by Crippen LogP contribution is -2.08. The van der Waals surface area contributed by atoms with Crippen molar-refractivity contribution in [3.63, 3.8) is 0 Å². The quantitative estimate of drug-likeness (QED) is 0.680. The molecule has 3 aromatic rings. The number of benzene rings is 2. The van der Waals surface area contributed by atoms with Crippen molar-refractivity contribution < 1.29 is 18.7 Å². The van der Waals surface area contributed by atoms with Gasteiger partial charge in [0.25, 0.3) is 0 Å². The summed E-state index contributed by atoms with van der Waals surface area (Å²) in [7, 11) is 1.58. The highest BCUT2D eigenvalue weighted by molar-refractivity contribution is 6.02. The molecule has 0 saturated heterocycles. The third kappa shape index (κ3) is 4.10. The van der Waals surface area contributed by atoms with E-state index in [-0.39, 0.29) is 11.8 Å². The first kappa shape index (κ1) is 17.3. The number of fused-ring (bicyclic) bond motifs is 1. The van der Waals surface area contributed by atoms with Gasteiger partial charge in [0.1, 0.15) is 5.76 Å². The molecule has 1 heterocycles. The third-order valence-corrected chi connectivity index (χ3v) is 3.62. The molecule has 3 rings (SSSR count). The average molecular weight is 350 g/mol. The Labute approximate surface area is 150 Å². The molecule has 0 aliphatic carbocycles. The maximum atomic E-state index is 12.1. The topological polar surface area (TPSA) is 80.6 Å². The number of methoxy groups -OCH3 is 1. The molecule has 26 heavy (non-hydrogen) atoms. The highest BCUT2D eigenvalue weighted by atomic mass is 16.5. The first-order chi connectivity index (χ1) is 12.5. The van der Waals surface area contributed by atoms with E-state index in [1.807, 2.05) is 24.3 Å². The first-order valence-electron chi connectivity index (χ1n) is 7.98. The Bertz CT molecular complexity index is 971. The first-order valence-corrected chi connectivity index (χ1v) is 7.98. The number of carbonyl (C=O) groups excluding carboxylic acids is 2. The molecule has 6 heteroatoms. The normalized spacial score (nSPS) is 10.8. The summed E-state index contributed by atoms with van der Waals surface area (Å²) in [5, 5.41) is 6.31. The minimum atomic E-state index is -0.287. The number of carbonyl (C=O) groups is 2. The van der Waals surface area contributed by atoms with Gasteiger partial charge in [-0.15, -0.1) is 0 Å². The zero-order chi connectivity index (χ0) is 18.5. The molecule has 0 saturated carbocycles. The van der Waals surface area contributed by atoms with E-state index in [2.05, 4.69) is 10.6 Å². The van der Waals surface area contributed by atoms with Gasteiger partial charge in [-0.3, -0.25) is 9.59 Å². The highest BCUT2D eigenvalue weighted by Crippen LogP contribution is 2.28. The second-order valence-electron chi connectivity index (χ2n) is 5.61. The smallest absolute Gasteiger partial charge is 0.248 e. The van der Waals surface area contributed by atoms with Crippen LogP contribution in [0.5, 0.6) is 5.75 Å². The van der Waals surface area contributed by atoms with Crippen LogP contribution in [0.4, 0.5) is 11.4 Å². The van der Waals surface area contributed by atoms with E-state index in [1.165, 1.54) is 13.0 Å². The minimum absolute atomic E-state index is 0.146. The maximum Gasteiger partial charge on any atom is 0.248 e. The summed E-state index contributed by atoms with van der Waals surface area (Å²) in [6, 6.07) is 14.3. The van der Waals surface area contributed by atoms with Crippen molar-refractivity contribution in [1.82, 2.24) is 0 Å². The van der Waals surface area contributed by atoms with Crippen LogP contribution in [0, 0.1) is 0 Å². The summed E-state index contributed by atoms with van der Waals surface area (Å²) in [6.07, 6.45) is 2.99. The number of rotatable bonds is 5. The molecule has 2 N–H and O–H groups in total. The van der Waals surface area contributed by atoms with Gasteiger partial charge in [0.05, 0.1) is 7.11 Å². The molecule has 0 aliphatic rings. The fourth-order valence-electron chi connectivity index (χ4n) is 2.48. The van der Waals surface area contributed by atoms with Crippen molar-refractivity contribution >= 4 is 40.2 Å². The monoisotopic (exact) mass is 350 g/mol. The largest absolute Gasteiger partial charge is 0.493 e. The fourth-order valence-corrected chi connectivity index (χ4v) is 2.48. The second kappa shape index (κ2) is 7.57. The van der Waals surface area contributed by atoms with Crippen LogP contribution in [0.2, 0.25) is 0 Å². The fraction of sp³-hybridized carbons (Fsp3) is 0.100. The van der Waals surface area contributed by atoms with Crippen LogP contribution in [0.25, 0.3) is 17.0 Å². The van der Waals surface area contributed by atoms with Gasteiger partial charge in [-0.05, 0) is 42.5 Å². The van der Waals surface area contributed by atoms with E-state index < -0.39 is 0 Å². The molecule has 0 atom stereocenters. The molecule has 132 valence electrons. The summed E-state index contributed by atoms with van der Waals surface area (Å²) in [5.41, 5.74) is 1.94. The molecule has 1 aromatic heterocycles. The van der Waals surface area contributed by atoms with Crippen LogP contribution in [0.1, 0.15) is 12.7 Å². The Morgan fingerprint density at radius 1 is 1.04 bits per heavy atom. The zero-order valence-corrected chi connectivity index (χ0v) is 14.4. The molecular formula is C20H18N2O4. The van der Waals surface area contributed by atoms with E-state index in [0.717, 1.165) is 5.39 Å². The van der Waals surface area contributed by atoms with Crippen molar-refractivity contribution in [1.29, 1.82) is 0 Å². The van der Waals surface area contributed by atoms with Crippen molar-refractivity contribution in [3.05, 3.63) is 60.4 Å². The number of furan rings is 1. The Balaban J connectivity index is 1.67. The Hall–Kier alpha value is -3.54. The van der Waals surface area contributed by atoms with Crippen LogP contribution in [-0.4, -0.2) is 18.9 Å². The van der Waals surface area contributed by atoms with Crippen molar-refractivity contribution in [2.75, 3.05) is 17.7 Å². The third-order valence-electron chi connectivity index (χ3n) is 3.62. The van der Waals surface area contributed by atoms with Gasteiger partial charge in [0.15, 0.2) is 11.3 Å². The molecule has 0 unspecified atom stereocenters. The highest BCUT2D eigenvalue weighted by Gasteiger charge is 2.07. The number of amides is 2. The van der Waals surface area contributed by atoms with Crippen LogP contribution < -0.4 is 15.4 Å². The molecule has 0 spiro atoms. The SMILES string of the molecule is COc1cccc2cc(C=CC(=O)Nc3ccc(NC(C)=O)cc3)oc12. The predicted molar refractivity (Wildman–Crippen MR) is 101 cm³/mol. The zero-order valence-electron chi connectivity index (χ0n) is 14.4. The van der Waals surface area contributed by atoms with Crippen molar-refractivity contribution in [2.24, 2.45) is 0 Å². The van der Waals surface area contributed by atoms with Crippen LogP contribution in [0.15, 0.2) is 59.0 Å². The van der Waals surface area contributed by atoms with Crippen LogP contribution in [-0.2, 0) is 9.59 Å². The van der Waals surface area contributed by atoms with E-state index in [4.69, 9.17) is 9.15 Å². The molecule has 2 aromatic carbocycles. The lowest BCUT2D eigenvalue weighted by molar-refractivity contribution is -0.114. The van der Waals surface area contributed by atoms with E-state index in [0.29, 0.717) is 28.5 Å². The van der Waals surface area contributed by atoms with Crippen molar-refractivity contribution in [3.8, 4) is 5.75 Å². The second-order valence-corrected chi connectivity index (χ2v) is 5.61. The standard InChI is InChI=1S/C20H18N2O4/c1-13(23)21-15-6-8-16(9-7-15)22-19(24)11-10-17-12-14-4-3-5-18(25-2)20(14)26-17/h3-12H,1-2H3,(H,21,23)(H,22,24). The van der Waals surface area contributed by atoms with Gasteiger partial charge < -0.3 is 19.8 Å². The van der Waals surface area contributed by atoms with Gasteiger partial charge in [-0.2, -0.15) is 0 Å². The summed E-state index contributed by atoms with van der Waals surface area (Å²) >= 11 is 0. The van der Waals surface area contributed by atoms with Gasteiger partial charge in [0.2, 0.25) is 11.8 Å². The van der Waals surface area contributed by atoms with E-state index in [1.54, 1.807) is 37.5 Å². The lowest BCUT2D eigenvalue weighted by atomic mass is 10.2. The predicted octanol–water partition coefficient (Wildman–Crippen LogP) is 4.05. The number of hydrogen-bond acceptors (Lipinski definition) is 4. The van der Waals surface area contributed by atoms with Crippen LogP contribution >= 0.6 is 0 Å². The van der Waals surface area contributed by atoms with Crippen molar-refractivity contribution in [2.45, 2.75) is 6.92 Å². The van der Waals surface area contributed by atoms with Gasteiger partial charge in [-0.25, -0.2) is 0 Å². The number of ether oxygens (including phenoxy) is 1. The summed E-state index contributed by atoms with van der Waals surface area (Å²) in [4.78, 5) is 23.0. The van der Waals surface area contributed by atoms with Gasteiger partial charge >= 0.3 is 0 Å². The van der Waals surface area contributed by atoms with E-state index >= 15 is 0 Å². The molecule has 0 fully saturated rings. The van der Waals surface area contributed by atoms with Gasteiger partial charge in [-0.1, -0.05) is 12.1 Å². The number of hydrogen-bond donors (Lipinski definition) is 2. The molecule has 0 bridgehead atoms. The van der Waals surface area contributed by atoms with E-state index in [9.17, 15) is 9.59 Å². The minimum Gasteiger partial charge on any atom is -0.493 e. The molecular weight excluding hydrogens is 332 g/mol. The number of para-hydroxylation sites is 1. The Kier molecular flexibility index (Phi) is 5.03. The lowest BCUT2D eigenvalue weighted by Gasteiger charge is -2.04. The number of nitrogens with one attached hydrogen (secondary N) is 2. The number of anilines is 2.